The van der Waals surface area contributed by atoms with E-state index in [1.165, 1.54) is 6.33 Å². The number of rotatable bonds is 8. The lowest BCUT2D eigenvalue weighted by Crippen LogP contribution is -2.32. The zero-order valence-electron chi connectivity index (χ0n) is 17.0. The SMILES string of the molecule is CC(C)(C)[C@@H](NCc1csc(COc2ccccc2)n1)c1nc(-c2ncn[nH]2)no1. The van der Waals surface area contributed by atoms with Crippen molar-refractivity contribution in [1.82, 2.24) is 35.6 Å². The van der Waals surface area contributed by atoms with Gasteiger partial charge in [0.05, 0.1) is 11.7 Å². The molecule has 3 heterocycles. The second kappa shape index (κ2) is 8.72. The Balaban J connectivity index is 1.39. The smallest absolute Gasteiger partial charge is 0.244 e. The zero-order chi connectivity index (χ0) is 21.0. The first-order valence-electron chi connectivity index (χ1n) is 9.53. The third-order valence-corrected chi connectivity index (χ3v) is 5.24. The van der Waals surface area contributed by atoms with Crippen LogP contribution in [-0.4, -0.2) is 30.3 Å². The highest BCUT2D eigenvalue weighted by molar-refractivity contribution is 7.09. The molecule has 2 N–H and O–H groups in total. The standard InChI is InChI=1S/C20H23N7O2S/c1-20(2,3)16(19-25-18(27-29-19)17-22-12-23-26-17)21-9-13-11-30-15(24-13)10-28-14-7-5-4-6-8-14/h4-8,11-12,16,21H,9-10H2,1-3H3,(H,22,23,26)/t16-/m0/s1. The van der Waals surface area contributed by atoms with Gasteiger partial charge < -0.3 is 9.26 Å². The molecular weight excluding hydrogens is 402 g/mol. The van der Waals surface area contributed by atoms with Crippen LogP contribution in [0.15, 0.2) is 46.6 Å². The van der Waals surface area contributed by atoms with Gasteiger partial charge in [-0.25, -0.2) is 9.97 Å². The van der Waals surface area contributed by atoms with Gasteiger partial charge in [0.2, 0.25) is 11.7 Å². The van der Waals surface area contributed by atoms with Gasteiger partial charge in [0.25, 0.3) is 0 Å². The Morgan fingerprint density at radius 2 is 2.03 bits per heavy atom. The number of para-hydroxylation sites is 1. The molecule has 30 heavy (non-hydrogen) atoms. The summed E-state index contributed by atoms with van der Waals surface area (Å²) < 4.78 is 11.3. The maximum Gasteiger partial charge on any atom is 0.244 e. The van der Waals surface area contributed by atoms with E-state index in [4.69, 9.17) is 9.26 Å². The largest absolute Gasteiger partial charge is 0.486 e. The third kappa shape index (κ3) is 4.89. The molecule has 9 nitrogen and oxygen atoms in total. The van der Waals surface area contributed by atoms with Crippen LogP contribution in [0.25, 0.3) is 11.6 Å². The zero-order valence-corrected chi connectivity index (χ0v) is 17.8. The van der Waals surface area contributed by atoms with Crippen molar-refractivity contribution in [1.29, 1.82) is 0 Å². The van der Waals surface area contributed by atoms with Gasteiger partial charge in [0.15, 0.2) is 5.82 Å². The van der Waals surface area contributed by atoms with Crippen LogP contribution in [0.4, 0.5) is 0 Å². The summed E-state index contributed by atoms with van der Waals surface area (Å²) >= 11 is 1.58. The first-order valence-corrected chi connectivity index (χ1v) is 10.4. The molecule has 0 spiro atoms. The predicted molar refractivity (Wildman–Crippen MR) is 112 cm³/mol. The van der Waals surface area contributed by atoms with Gasteiger partial charge in [-0.05, 0) is 17.5 Å². The van der Waals surface area contributed by atoms with Gasteiger partial charge in [0.1, 0.15) is 23.7 Å². The molecule has 0 unspecified atom stereocenters. The summed E-state index contributed by atoms with van der Waals surface area (Å²) in [5, 5.41) is 17.0. The molecule has 0 amide bonds. The van der Waals surface area contributed by atoms with Crippen LogP contribution >= 0.6 is 11.3 Å². The highest BCUT2D eigenvalue weighted by Crippen LogP contribution is 2.32. The summed E-state index contributed by atoms with van der Waals surface area (Å²) in [6.45, 7) is 7.36. The molecule has 0 radical (unpaired) electrons. The number of hydrogen-bond donors (Lipinski definition) is 2. The first kappa shape index (κ1) is 20.2. The maximum absolute atomic E-state index is 5.77. The Labute approximate surface area is 177 Å². The van der Waals surface area contributed by atoms with Crippen LogP contribution in [0.5, 0.6) is 5.75 Å². The lowest BCUT2D eigenvalue weighted by atomic mass is 9.86. The molecule has 10 heteroatoms. The minimum atomic E-state index is -0.160. The second-order valence-electron chi connectivity index (χ2n) is 7.80. The summed E-state index contributed by atoms with van der Waals surface area (Å²) in [4.78, 5) is 13.2. The number of aromatic nitrogens is 6. The molecule has 4 aromatic rings. The number of nitrogens with zero attached hydrogens (tertiary/aromatic N) is 5. The fraction of sp³-hybridized carbons (Fsp3) is 0.350. The van der Waals surface area contributed by atoms with Gasteiger partial charge in [-0.3, -0.25) is 10.4 Å². The van der Waals surface area contributed by atoms with Crippen LogP contribution < -0.4 is 10.1 Å². The molecule has 0 saturated heterocycles. The van der Waals surface area contributed by atoms with E-state index >= 15 is 0 Å². The Hall–Kier alpha value is -3.11. The molecule has 0 aliphatic carbocycles. The molecule has 156 valence electrons. The summed E-state index contributed by atoms with van der Waals surface area (Å²) in [6, 6.07) is 9.56. The molecule has 0 aliphatic heterocycles. The lowest BCUT2D eigenvalue weighted by molar-refractivity contribution is 0.211. The molecule has 4 rings (SSSR count). The van der Waals surface area contributed by atoms with Crippen molar-refractivity contribution in [2.45, 2.75) is 40.0 Å². The van der Waals surface area contributed by atoms with E-state index in [1.807, 2.05) is 35.7 Å². The molecular formula is C20H23N7O2S. The van der Waals surface area contributed by atoms with Gasteiger partial charge in [0, 0.05) is 11.9 Å². The Morgan fingerprint density at radius 3 is 2.77 bits per heavy atom. The minimum Gasteiger partial charge on any atom is -0.486 e. The number of H-pyrrole nitrogens is 1. The van der Waals surface area contributed by atoms with Crippen molar-refractivity contribution in [3.63, 3.8) is 0 Å². The summed E-state index contributed by atoms with van der Waals surface area (Å²) in [5.41, 5.74) is 0.788. The van der Waals surface area contributed by atoms with E-state index in [2.05, 4.69) is 56.4 Å². The van der Waals surface area contributed by atoms with Gasteiger partial charge in [-0.15, -0.1) is 11.3 Å². The topological polar surface area (TPSA) is 115 Å². The van der Waals surface area contributed by atoms with E-state index in [0.29, 0.717) is 30.7 Å². The van der Waals surface area contributed by atoms with Crippen molar-refractivity contribution in [2.75, 3.05) is 0 Å². The van der Waals surface area contributed by atoms with Crippen molar-refractivity contribution >= 4 is 11.3 Å². The second-order valence-corrected chi connectivity index (χ2v) is 8.75. The average Bonchev–Trinajstić information content (AvgIpc) is 3.48. The lowest BCUT2D eigenvalue weighted by Gasteiger charge is -2.28. The normalized spacial score (nSPS) is 12.8. The molecule has 0 aliphatic rings. The Bertz CT molecular complexity index is 1050. The summed E-state index contributed by atoms with van der Waals surface area (Å²) in [6.07, 6.45) is 1.41. The molecule has 0 bridgehead atoms. The minimum absolute atomic E-state index is 0.152. The number of nitrogens with one attached hydrogen (secondary N) is 2. The molecule has 0 saturated carbocycles. The van der Waals surface area contributed by atoms with E-state index in [1.54, 1.807) is 11.3 Å². The van der Waals surface area contributed by atoms with Crippen LogP contribution in [-0.2, 0) is 13.2 Å². The molecule has 1 atom stereocenters. The van der Waals surface area contributed by atoms with E-state index in [-0.39, 0.29) is 11.5 Å². The number of ether oxygens (including phenoxy) is 1. The van der Waals surface area contributed by atoms with E-state index in [9.17, 15) is 0 Å². The Kier molecular flexibility index (Phi) is 5.86. The van der Waals surface area contributed by atoms with Gasteiger partial charge in [-0.2, -0.15) is 10.1 Å². The van der Waals surface area contributed by atoms with E-state index < -0.39 is 0 Å². The summed E-state index contributed by atoms with van der Waals surface area (Å²) in [5.74, 6) is 2.18. The van der Waals surface area contributed by atoms with E-state index in [0.717, 1.165) is 16.5 Å². The van der Waals surface area contributed by atoms with Crippen molar-refractivity contribution in [2.24, 2.45) is 5.41 Å². The highest BCUT2D eigenvalue weighted by atomic mass is 32.1. The third-order valence-electron chi connectivity index (χ3n) is 4.37. The number of aromatic amines is 1. The quantitative estimate of drug-likeness (QED) is 0.438. The highest BCUT2D eigenvalue weighted by Gasteiger charge is 2.31. The average molecular weight is 426 g/mol. The van der Waals surface area contributed by atoms with Crippen molar-refractivity contribution < 1.29 is 9.26 Å². The van der Waals surface area contributed by atoms with Crippen LogP contribution in [0.1, 0.15) is 43.4 Å². The predicted octanol–water partition coefficient (Wildman–Crippen LogP) is 3.77. The van der Waals surface area contributed by atoms with Crippen LogP contribution in [0, 0.1) is 5.41 Å². The van der Waals surface area contributed by atoms with Crippen molar-refractivity contribution in [3.8, 4) is 17.4 Å². The van der Waals surface area contributed by atoms with Gasteiger partial charge >= 0.3 is 0 Å². The maximum atomic E-state index is 5.77. The number of benzene rings is 1. The molecule has 1 aromatic carbocycles. The molecule has 3 aromatic heterocycles. The number of hydrogen-bond acceptors (Lipinski definition) is 9. The fourth-order valence-electron chi connectivity index (χ4n) is 2.89. The first-order chi connectivity index (χ1) is 14.5. The summed E-state index contributed by atoms with van der Waals surface area (Å²) in [7, 11) is 0. The number of thiazole rings is 1. The van der Waals surface area contributed by atoms with Crippen LogP contribution in [0.2, 0.25) is 0 Å². The molecule has 0 fully saturated rings. The Morgan fingerprint density at radius 1 is 1.20 bits per heavy atom. The van der Waals surface area contributed by atoms with Crippen molar-refractivity contribution in [3.05, 3.63) is 58.6 Å². The van der Waals surface area contributed by atoms with Crippen LogP contribution in [0.3, 0.4) is 0 Å². The fourth-order valence-corrected chi connectivity index (χ4v) is 3.60. The van der Waals surface area contributed by atoms with Gasteiger partial charge in [-0.1, -0.05) is 44.1 Å². The monoisotopic (exact) mass is 425 g/mol.